The van der Waals surface area contributed by atoms with Gasteiger partial charge >= 0.3 is 23.9 Å². The van der Waals surface area contributed by atoms with Crippen molar-refractivity contribution in [2.45, 2.75) is 50.6 Å². The largest absolute Gasteiger partial charge is 0.392 e. The van der Waals surface area contributed by atoms with E-state index in [9.17, 15) is 19.2 Å². The number of carbonyl (C=O) groups is 4. The fraction of sp³-hybridized carbons (Fsp3) is 0.714. The van der Waals surface area contributed by atoms with Crippen molar-refractivity contribution in [1.29, 1.82) is 0 Å². The maximum absolute atomic E-state index is 11.6. The van der Waals surface area contributed by atoms with E-state index >= 15 is 0 Å². The quantitative estimate of drug-likeness (QED) is 0.185. The number of rotatable bonds is 11. The van der Waals surface area contributed by atoms with Crippen molar-refractivity contribution in [2.75, 3.05) is 13.1 Å². The first-order valence-corrected chi connectivity index (χ1v) is 7.72. The van der Waals surface area contributed by atoms with Crippen LogP contribution in [0.4, 0.5) is 0 Å². The molecule has 0 bridgehead atoms. The molecule has 0 radical (unpaired) electrons. The normalized spacial score (nSPS) is 13.0. The number of nitrogens with two attached hydrogens (primary N) is 4. The zero-order valence-corrected chi connectivity index (χ0v) is 13.6. The molecule has 8 N–H and O–H groups in total. The summed E-state index contributed by atoms with van der Waals surface area (Å²) in [6.07, 6.45) is 1.93. The molecule has 0 aliphatic rings. The van der Waals surface area contributed by atoms with E-state index in [1.807, 2.05) is 0 Å². The maximum Gasteiger partial charge on any atom is 0.330 e. The van der Waals surface area contributed by atoms with E-state index < -0.39 is 42.5 Å². The number of hydrogen-bond acceptors (Lipinski definition) is 10. The van der Waals surface area contributed by atoms with Crippen molar-refractivity contribution >= 4 is 23.9 Å². The van der Waals surface area contributed by atoms with Crippen molar-refractivity contribution in [3.8, 4) is 0 Å². The Morgan fingerprint density at radius 3 is 1.75 bits per heavy atom. The summed E-state index contributed by atoms with van der Waals surface area (Å²) in [6, 6.07) is -1.94. The summed E-state index contributed by atoms with van der Waals surface area (Å²) >= 11 is 0. The lowest BCUT2D eigenvalue weighted by Crippen LogP contribution is -2.35. The molecule has 0 spiro atoms. The Labute approximate surface area is 140 Å². The molecule has 138 valence electrons. The maximum atomic E-state index is 11.6. The standard InChI is InChI=1S/C14H26N4O6/c15-7-2-1-4-9(17)13(21)23-11(19)6-3-5-10(18)14(22)24-12(20)8-16/h9-10H,1-8,15-18H2/t9-,10?/m0/s1. The van der Waals surface area contributed by atoms with Crippen molar-refractivity contribution < 1.29 is 28.7 Å². The van der Waals surface area contributed by atoms with Crippen molar-refractivity contribution in [3.05, 3.63) is 0 Å². The summed E-state index contributed by atoms with van der Waals surface area (Å²) in [5.41, 5.74) is 21.4. The van der Waals surface area contributed by atoms with Crippen LogP contribution in [0.5, 0.6) is 0 Å². The zero-order valence-electron chi connectivity index (χ0n) is 13.6. The number of ether oxygens (including phenoxy) is 2. The lowest BCUT2D eigenvalue weighted by molar-refractivity contribution is -0.162. The molecule has 0 aliphatic heterocycles. The van der Waals surface area contributed by atoms with Gasteiger partial charge in [0.15, 0.2) is 0 Å². The molecular weight excluding hydrogens is 320 g/mol. The van der Waals surface area contributed by atoms with Crippen LogP contribution in [-0.4, -0.2) is 49.1 Å². The summed E-state index contributed by atoms with van der Waals surface area (Å²) in [6.45, 7) is 0.0682. The second-order valence-corrected chi connectivity index (χ2v) is 5.18. The Morgan fingerprint density at radius 2 is 1.25 bits per heavy atom. The van der Waals surface area contributed by atoms with E-state index in [0.717, 1.165) is 6.42 Å². The van der Waals surface area contributed by atoms with Crippen LogP contribution in [0, 0.1) is 0 Å². The third-order valence-corrected chi connectivity index (χ3v) is 3.07. The molecule has 0 saturated carbocycles. The lowest BCUT2D eigenvalue weighted by atomic mass is 10.1. The molecule has 10 nitrogen and oxygen atoms in total. The van der Waals surface area contributed by atoms with Crippen LogP contribution in [-0.2, 0) is 28.7 Å². The molecule has 0 aromatic heterocycles. The van der Waals surface area contributed by atoms with E-state index in [0.29, 0.717) is 19.4 Å². The van der Waals surface area contributed by atoms with Crippen molar-refractivity contribution in [1.82, 2.24) is 0 Å². The minimum atomic E-state index is -1.07. The highest BCUT2D eigenvalue weighted by Crippen LogP contribution is 2.05. The Morgan fingerprint density at radius 1 is 0.750 bits per heavy atom. The average molecular weight is 346 g/mol. The first-order valence-electron chi connectivity index (χ1n) is 7.72. The molecule has 0 amide bonds. The van der Waals surface area contributed by atoms with Gasteiger partial charge in [0.05, 0.1) is 6.54 Å². The number of carbonyl (C=O) groups excluding carboxylic acids is 4. The van der Waals surface area contributed by atoms with Gasteiger partial charge in [-0.2, -0.15) is 0 Å². The fourth-order valence-corrected chi connectivity index (χ4v) is 1.68. The van der Waals surface area contributed by atoms with Gasteiger partial charge in [0, 0.05) is 6.42 Å². The molecule has 10 heteroatoms. The van der Waals surface area contributed by atoms with Gasteiger partial charge in [-0.25, -0.2) is 9.59 Å². The molecule has 0 aromatic rings. The molecular formula is C14H26N4O6. The smallest absolute Gasteiger partial charge is 0.330 e. The molecule has 0 rings (SSSR count). The average Bonchev–Trinajstić information content (AvgIpc) is 2.54. The molecule has 0 aromatic carbocycles. The minimum Gasteiger partial charge on any atom is -0.392 e. The van der Waals surface area contributed by atoms with E-state index in [4.69, 9.17) is 22.9 Å². The molecule has 2 atom stereocenters. The van der Waals surface area contributed by atoms with Gasteiger partial charge in [-0.1, -0.05) is 6.42 Å². The molecule has 24 heavy (non-hydrogen) atoms. The Hall–Kier alpha value is -1.88. The SMILES string of the molecule is NCCCC[C@H](N)C(=O)OC(=O)CCCC(N)C(=O)OC(=O)CN. The summed E-state index contributed by atoms with van der Waals surface area (Å²) < 4.78 is 8.94. The summed E-state index contributed by atoms with van der Waals surface area (Å²) in [5, 5.41) is 0. The van der Waals surface area contributed by atoms with E-state index in [1.165, 1.54) is 0 Å². The second-order valence-electron chi connectivity index (χ2n) is 5.18. The van der Waals surface area contributed by atoms with Gasteiger partial charge in [0.25, 0.3) is 0 Å². The van der Waals surface area contributed by atoms with Crippen LogP contribution >= 0.6 is 0 Å². The van der Waals surface area contributed by atoms with Crippen LogP contribution in [0.2, 0.25) is 0 Å². The highest BCUT2D eigenvalue weighted by atomic mass is 16.6. The van der Waals surface area contributed by atoms with E-state index in [2.05, 4.69) is 9.47 Å². The molecule has 0 fully saturated rings. The minimum absolute atomic E-state index is 0.0858. The molecule has 0 aliphatic carbocycles. The Balaban J connectivity index is 3.98. The second kappa shape index (κ2) is 12.5. The van der Waals surface area contributed by atoms with Crippen LogP contribution in [0.25, 0.3) is 0 Å². The lowest BCUT2D eigenvalue weighted by Gasteiger charge is -2.11. The van der Waals surface area contributed by atoms with E-state index in [1.54, 1.807) is 0 Å². The topological polar surface area (TPSA) is 191 Å². The molecule has 0 saturated heterocycles. The predicted molar refractivity (Wildman–Crippen MR) is 84.0 cm³/mol. The third kappa shape index (κ3) is 10.0. The molecule has 0 heterocycles. The Bertz CT molecular complexity index is 443. The third-order valence-electron chi connectivity index (χ3n) is 3.07. The van der Waals surface area contributed by atoms with E-state index in [-0.39, 0.29) is 19.3 Å². The summed E-state index contributed by atoms with van der Waals surface area (Å²) in [5.74, 6) is -3.36. The predicted octanol–water partition coefficient (Wildman–Crippen LogP) is -1.96. The highest BCUT2D eigenvalue weighted by Gasteiger charge is 2.21. The molecule has 1 unspecified atom stereocenters. The van der Waals surface area contributed by atoms with Gasteiger partial charge in [-0.3, -0.25) is 9.59 Å². The first-order chi connectivity index (χ1) is 11.3. The van der Waals surface area contributed by atoms with Crippen LogP contribution in [0.1, 0.15) is 38.5 Å². The summed E-state index contributed by atoms with van der Waals surface area (Å²) in [4.78, 5) is 45.3. The van der Waals surface area contributed by atoms with Crippen LogP contribution in [0.3, 0.4) is 0 Å². The van der Waals surface area contributed by atoms with Crippen LogP contribution < -0.4 is 22.9 Å². The number of esters is 4. The first kappa shape index (κ1) is 22.1. The fourth-order valence-electron chi connectivity index (χ4n) is 1.68. The zero-order chi connectivity index (χ0) is 18.5. The monoisotopic (exact) mass is 346 g/mol. The van der Waals surface area contributed by atoms with Gasteiger partial charge in [-0.15, -0.1) is 0 Å². The number of unbranched alkanes of at least 4 members (excludes halogenated alkanes) is 1. The highest BCUT2D eigenvalue weighted by molar-refractivity contribution is 5.89. The van der Waals surface area contributed by atoms with Crippen molar-refractivity contribution in [3.63, 3.8) is 0 Å². The van der Waals surface area contributed by atoms with Gasteiger partial charge in [0.1, 0.15) is 12.1 Å². The van der Waals surface area contributed by atoms with Crippen LogP contribution in [0.15, 0.2) is 0 Å². The van der Waals surface area contributed by atoms with Gasteiger partial charge in [-0.05, 0) is 32.2 Å². The van der Waals surface area contributed by atoms with Gasteiger partial charge in [0.2, 0.25) is 0 Å². The van der Waals surface area contributed by atoms with Gasteiger partial charge < -0.3 is 32.4 Å². The van der Waals surface area contributed by atoms with Crippen molar-refractivity contribution in [2.24, 2.45) is 22.9 Å². The summed E-state index contributed by atoms with van der Waals surface area (Å²) in [7, 11) is 0. The number of hydrogen-bond donors (Lipinski definition) is 4. The Kier molecular flexibility index (Phi) is 11.5.